The van der Waals surface area contributed by atoms with Gasteiger partial charge in [0, 0.05) is 18.0 Å². The zero-order valence-corrected chi connectivity index (χ0v) is 12.2. The lowest BCUT2D eigenvalue weighted by molar-refractivity contribution is -0.124. The Labute approximate surface area is 124 Å². The van der Waals surface area contributed by atoms with E-state index in [1.165, 1.54) is 19.3 Å². The molecule has 0 aromatic heterocycles. The molecule has 0 radical (unpaired) electrons. The van der Waals surface area contributed by atoms with Crippen LogP contribution in [0, 0.1) is 0 Å². The van der Waals surface area contributed by atoms with Gasteiger partial charge in [-0.25, -0.2) is 0 Å². The molecular weight excluding hydrogens is 266 g/mol. The van der Waals surface area contributed by atoms with E-state index in [2.05, 4.69) is 5.32 Å². The van der Waals surface area contributed by atoms with Crippen LogP contribution in [-0.2, 0) is 11.2 Å². The maximum absolute atomic E-state index is 11.9. The molecule has 0 unspecified atom stereocenters. The van der Waals surface area contributed by atoms with Crippen LogP contribution < -0.4 is 10.1 Å². The molecule has 4 heteroatoms. The molecule has 1 amide bonds. The van der Waals surface area contributed by atoms with Crippen molar-refractivity contribution in [2.75, 3.05) is 6.61 Å². The topological polar surface area (TPSA) is 55.4 Å². The van der Waals surface area contributed by atoms with E-state index in [9.17, 15) is 9.59 Å². The number of fused-ring (bicyclic) bond motifs is 1. The highest BCUT2D eigenvalue weighted by atomic mass is 16.5. The predicted molar refractivity (Wildman–Crippen MR) is 79.6 cm³/mol. The summed E-state index contributed by atoms with van der Waals surface area (Å²) in [6.45, 7) is 0.0449. The van der Waals surface area contributed by atoms with E-state index in [4.69, 9.17) is 4.74 Å². The first-order chi connectivity index (χ1) is 10.2. The van der Waals surface area contributed by atoms with Crippen LogP contribution in [0.4, 0.5) is 0 Å². The summed E-state index contributed by atoms with van der Waals surface area (Å²) in [7, 11) is 0. The lowest BCUT2D eigenvalue weighted by atomic mass is 9.95. The Balaban J connectivity index is 1.50. The van der Waals surface area contributed by atoms with Gasteiger partial charge in [0.05, 0.1) is 0 Å². The third-order valence-electron chi connectivity index (χ3n) is 4.34. The Bertz CT molecular complexity index is 547. The van der Waals surface area contributed by atoms with Crippen molar-refractivity contribution in [2.24, 2.45) is 0 Å². The number of ketones is 1. The van der Waals surface area contributed by atoms with Gasteiger partial charge in [0.25, 0.3) is 5.91 Å². The van der Waals surface area contributed by atoms with Crippen molar-refractivity contribution in [1.29, 1.82) is 0 Å². The van der Waals surface area contributed by atoms with E-state index >= 15 is 0 Å². The molecule has 4 nitrogen and oxygen atoms in total. The summed E-state index contributed by atoms with van der Waals surface area (Å²) in [5, 5.41) is 3.03. The van der Waals surface area contributed by atoms with Gasteiger partial charge in [-0.3, -0.25) is 9.59 Å². The Morgan fingerprint density at radius 3 is 2.81 bits per heavy atom. The van der Waals surface area contributed by atoms with Gasteiger partial charge in [0.15, 0.2) is 12.4 Å². The summed E-state index contributed by atoms with van der Waals surface area (Å²) in [5.74, 6) is 0.812. The molecule has 0 saturated heterocycles. The lowest BCUT2D eigenvalue weighted by Gasteiger charge is -2.22. The van der Waals surface area contributed by atoms with Gasteiger partial charge < -0.3 is 10.1 Å². The Hall–Kier alpha value is -1.84. The second-order valence-electron chi connectivity index (χ2n) is 5.93. The first-order valence-corrected chi connectivity index (χ1v) is 7.80. The summed E-state index contributed by atoms with van der Waals surface area (Å²) >= 11 is 0. The van der Waals surface area contributed by atoms with Crippen LogP contribution in [0.15, 0.2) is 18.2 Å². The maximum Gasteiger partial charge on any atom is 0.258 e. The fraction of sp³-hybridized carbons (Fsp3) is 0.529. The Morgan fingerprint density at radius 1 is 1.19 bits per heavy atom. The van der Waals surface area contributed by atoms with E-state index in [0.29, 0.717) is 18.2 Å². The van der Waals surface area contributed by atoms with E-state index in [-0.39, 0.29) is 18.3 Å². The number of ether oxygens (including phenoxy) is 1. The van der Waals surface area contributed by atoms with Crippen LogP contribution in [0.2, 0.25) is 0 Å². The number of amides is 1. The van der Waals surface area contributed by atoms with Crippen LogP contribution in [0.1, 0.15) is 54.4 Å². The second-order valence-corrected chi connectivity index (χ2v) is 5.93. The molecule has 1 aromatic carbocycles. The molecule has 0 spiro atoms. The number of carbonyl (C=O) groups is 2. The summed E-state index contributed by atoms with van der Waals surface area (Å²) in [4.78, 5) is 23.4. The molecule has 0 heterocycles. The molecule has 2 aliphatic carbocycles. The standard InChI is InChI=1S/C17H21NO3/c19-16-9-6-12-10-14(7-8-15(12)16)21-11-17(20)18-13-4-2-1-3-5-13/h7-8,10,13H,1-6,9,11H2,(H,18,20). The largest absolute Gasteiger partial charge is 0.484 e. The van der Waals surface area contributed by atoms with Gasteiger partial charge in [0.2, 0.25) is 0 Å². The molecule has 2 aliphatic rings. The smallest absolute Gasteiger partial charge is 0.258 e. The number of nitrogens with one attached hydrogen (secondary N) is 1. The minimum absolute atomic E-state index is 0.0449. The van der Waals surface area contributed by atoms with Gasteiger partial charge >= 0.3 is 0 Å². The SMILES string of the molecule is O=C(COc1ccc2c(c1)CCC2=O)NC1CCCCC1. The molecule has 1 saturated carbocycles. The van der Waals surface area contributed by atoms with Crippen molar-refractivity contribution >= 4 is 11.7 Å². The fourth-order valence-electron chi connectivity index (χ4n) is 3.19. The number of benzene rings is 1. The van der Waals surface area contributed by atoms with Crippen molar-refractivity contribution in [2.45, 2.75) is 51.0 Å². The van der Waals surface area contributed by atoms with Crippen LogP contribution in [0.3, 0.4) is 0 Å². The monoisotopic (exact) mass is 287 g/mol. The molecule has 1 aromatic rings. The molecule has 0 aliphatic heterocycles. The molecule has 1 N–H and O–H groups in total. The average Bonchev–Trinajstić information content (AvgIpc) is 2.87. The molecular formula is C17H21NO3. The fourth-order valence-corrected chi connectivity index (χ4v) is 3.19. The van der Waals surface area contributed by atoms with E-state index in [1.807, 2.05) is 6.07 Å². The number of aryl methyl sites for hydroxylation is 1. The van der Waals surface area contributed by atoms with Crippen molar-refractivity contribution in [3.8, 4) is 5.75 Å². The third kappa shape index (κ3) is 3.43. The normalized spacial score (nSPS) is 18.4. The Morgan fingerprint density at radius 2 is 2.00 bits per heavy atom. The number of carbonyl (C=O) groups excluding carboxylic acids is 2. The average molecular weight is 287 g/mol. The van der Waals surface area contributed by atoms with E-state index < -0.39 is 0 Å². The third-order valence-corrected chi connectivity index (χ3v) is 4.34. The van der Waals surface area contributed by atoms with E-state index in [1.54, 1.807) is 12.1 Å². The highest BCUT2D eigenvalue weighted by Crippen LogP contribution is 2.26. The van der Waals surface area contributed by atoms with Crippen LogP contribution in [-0.4, -0.2) is 24.3 Å². The number of rotatable bonds is 4. The van der Waals surface area contributed by atoms with Crippen LogP contribution in [0.25, 0.3) is 0 Å². The minimum Gasteiger partial charge on any atom is -0.484 e. The van der Waals surface area contributed by atoms with Gasteiger partial charge in [-0.1, -0.05) is 19.3 Å². The number of hydrogen-bond donors (Lipinski definition) is 1. The molecule has 0 bridgehead atoms. The minimum atomic E-state index is -0.0570. The highest BCUT2D eigenvalue weighted by Gasteiger charge is 2.20. The second kappa shape index (κ2) is 6.29. The van der Waals surface area contributed by atoms with Crippen LogP contribution >= 0.6 is 0 Å². The molecule has 0 atom stereocenters. The van der Waals surface area contributed by atoms with Crippen molar-refractivity contribution < 1.29 is 14.3 Å². The first-order valence-electron chi connectivity index (χ1n) is 7.80. The quantitative estimate of drug-likeness (QED) is 0.926. The maximum atomic E-state index is 11.9. The van der Waals surface area contributed by atoms with E-state index in [0.717, 1.165) is 30.4 Å². The zero-order valence-electron chi connectivity index (χ0n) is 12.2. The lowest BCUT2D eigenvalue weighted by Crippen LogP contribution is -2.38. The van der Waals surface area contributed by atoms with Crippen molar-refractivity contribution in [3.63, 3.8) is 0 Å². The van der Waals surface area contributed by atoms with Gasteiger partial charge in [-0.2, -0.15) is 0 Å². The summed E-state index contributed by atoms with van der Waals surface area (Å²) in [6, 6.07) is 5.77. The summed E-state index contributed by atoms with van der Waals surface area (Å²) < 4.78 is 5.55. The van der Waals surface area contributed by atoms with Gasteiger partial charge in [0.1, 0.15) is 5.75 Å². The highest BCUT2D eigenvalue weighted by molar-refractivity contribution is 6.00. The molecule has 112 valence electrons. The van der Waals surface area contributed by atoms with Crippen molar-refractivity contribution in [1.82, 2.24) is 5.32 Å². The molecule has 3 rings (SSSR count). The zero-order chi connectivity index (χ0) is 14.7. The summed E-state index contributed by atoms with van der Waals surface area (Å²) in [5.41, 5.74) is 1.83. The molecule has 1 fully saturated rings. The van der Waals surface area contributed by atoms with Crippen molar-refractivity contribution in [3.05, 3.63) is 29.3 Å². The van der Waals surface area contributed by atoms with Gasteiger partial charge in [-0.15, -0.1) is 0 Å². The predicted octanol–water partition coefficient (Wildman–Crippen LogP) is 2.64. The number of hydrogen-bond acceptors (Lipinski definition) is 3. The first kappa shape index (κ1) is 14.1. The Kier molecular flexibility index (Phi) is 4.23. The van der Waals surface area contributed by atoms with Crippen LogP contribution in [0.5, 0.6) is 5.75 Å². The number of Topliss-reactive ketones (excluding diaryl/α,β-unsaturated/α-hetero) is 1. The molecule has 21 heavy (non-hydrogen) atoms. The summed E-state index contributed by atoms with van der Waals surface area (Å²) in [6.07, 6.45) is 7.19. The van der Waals surface area contributed by atoms with Gasteiger partial charge in [-0.05, 0) is 43.0 Å².